The molecular weight excluding hydrogens is 301 g/mol. The number of nitrogens with zero attached hydrogens (tertiary/aromatic N) is 1. The zero-order valence-electron chi connectivity index (χ0n) is 13.6. The molecule has 1 aromatic rings. The van der Waals surface area contributed by atoms with Crippen LogP contribution in [-0.4, -0.2) is 37.4 Å². The van der Waals surface area contributed by atoms with Crippen molar-refractivity contribution in [3.05, 3.63) is 23.8 Å². The summed E-state index contributed by atoms with van der Waals surface area (Å²) in [6, 6.07) is 4.76. The summed E-state index contributed by atoms with van der Waals surface area (Å²) in [6.07, 6.45) is 0.639. The maximum atomic E-state index is 12.4. The Bertz CT molecular complexity index is 657. The molecule has 0 bridgehead atoms. The van der Waals surface area contributed by atoms with Crippen LogP contribution in [0.25, 0.3) is 0 Å². The number of rotatable bonds is 2. The molecule has 1 atom stereocenters. The summed E-state index contributed by atoms with van der Waals surface area (Å²) < 4.78 is 17.6. The van der Waals surface area contributed by atoms with Crippen molar-refractivity contribution in [2.45, 2.75) is 38.8 Å². The van der Waals surface area contributed by atoms with Crippen LogP contribution >= 0.6 is 7.14 Å². The van der Waals surface area contributed by atoms with Crippen molar-refractivity contribution in [1.29, 1.82) is 0 Å². The fraction of sp³-hybridized carbons (Fsp3) is 0.500. The molecule has 1 aliphatic rings. The molecule has 0 spiro atoms. The van der Waals surface area contributed by atoms with Crippen LogP contribution in [0, 0.1) is 0 Å². The summed E-state index contributed by atoms with van der Waals surface area (Å²) >= 11 is 0. The van der Waals surface area contributed by atoms with Crippen LogP contribution in [-0.2, 0) is 20.5 Å². The van der Waals surface area contributed by atoms with Crippen molar-refractivity contribution in [3.63, 3.8) is 0 Å². The van der Waals surface area contributed by atoms with Crippen LogP contribution in [0.5, 0.6) is 0 Å². The maximum Gasteiger partial charge on any atom is 0.415 e. The van der Waals surface area contributed by atoms with Crippen LogP contribution < -0.4 is 10.2 Å². The van der Waals surface area contributed by atoms with Crippen molar-refractivity contribution in [3.8, 4) is 0 Å². The Morgan fingerprint density at radius 1 is 1.36 bits per heavy atom. The predicted molar refractivity (Wildman–Crippen MR) is 87.8 cm³/mol. The lowest BCUT2D eigenvalue weighted by Gasteiger charge is -2.27. The van der Waals surface area contributed by atoms with E-state index in [4.69, 9.17) is 4.74 Å². The molecule has 1 aromatic carbocycles. The first-order chi connectivity index (χ1) is 10.0. The first-order valence-corrected chi connectivity index (χ1v) is 9.79. The summed E-state index contributed by atoms with van der Waals surface area (Å²) in [4.78, 5) is 25.1. The largest absolute Gasteiger partial charge is 0.443 e. The van der Waals surface area contributed by atoms with Gasteiger partial charge in [-0.1, -0.05) is 0 Å². The molecule has 22 heavy (non-hydrogen) atoms. The molecule has 0 unspecified atom stereocenters. The van der Waals surface area contributed by atoms with Crippen LogP contribution in [0.1, 0.15) is 26.3 Å². The van der Waals surface area contributed by atoms with Gasteiger partial charge in [0, 0.05) is 11.7 Å². The lowest BCUT2D eigenvalue weighted by molar-refractivity contribution is -0.108. The van der Waals surface area contributed by atoms with Crippen molar-refractivity contribution >= 4 is 30.5 Å². The highest BCUT2D eigenvalue weighted by Gasteiger charge is 2.36. The van der Waals surface area contributed by atoms with Gasteiger partial charge in [-0.15, -0.1) is 0 Å². The molecule has 1 amide bonds. The lowest BCUT2D eigenvalue weighted by atomic mass is 10.1. The van der Waals surface area contributed by atoms with Crippen LogP contribution in [0.15, 0.2) is 18.2 Å². The molecule has 0 fully saturated rings. The molecule has 0 radical (unpaired) electrons. The van der Waals surface area contributed by atoms with Crippen molar-refractivity contribution in [2.75, 3.05) is 18.2 Å². The Kier molecular flexibility index (Phi) is 4.22. The Labute approximate surface area is 131 Å². The van der Waals surface area contributed by atoms with Gasteiger partial charge in [0.25, 0.3) is 0 Å². The number of fused-ring (bicyclic) bond motifs is 1. The zero-order valence-corrected chi connectivity index (χ0v) is 14.5. The first-order valence-electron chi connectivity index (χ1n) is 7.19. The second-order valence-corrected chi connectivity index (χ2v) is 10.1. The molecular formula is C16H22NO4P. The van der Waals surface area contributed by atoms with Crippen molar-refractivity contribution in [2.24, 2.45) is 0 Å². The summed E-state index contributed by atoms with van der Waals surface area (Å²) in [7, 11) is -2.38. The molecule has 120 valence electrons. The topological polar surface area (TPSA) is 63.7 Å². The minimum Gasteiger partial charge on any atom is -0.443 e. The second kappa shape index (κ2) is 5.54. The SMILES string of the molecule is CC(C)(C)OC(=O)N1c2ccc(P(C)(C)=O)cc2C[C@H]1C=O. The number of benzene rings is 1. The van der Waals surface area contributed by atoms with Gasteiger partial charge in [0.15, 0.2) is 0 Å². The van der Waals surface area contributed by atoms with Gasteiger partial charge in [-0.05, 0) is 57.9 Å². The van der Waals surface area contributed by atoms with E-state index in [1.807, 2.05) is 6.07 Å². The van der Waals surface area contributed by atoms with Crippen LogP contribution in [0.4, 0.5) is 10.5 Å². The standard InChI is InChI=1S/C16H22NO4P/c1-16(2,3)21-15(19)17-12(10-18)8-11-9-13(22(4,5)20)6-7-14(11)17/h6-7,9-10,12H,8H2,1-5H3/t12-/m0/s1. The van der Waals surface area contributed by atoms with Gasteiger partial charge in [-0.3, -0.25) is 4.90 Å². The highest BCUT2D eigenvalue weighted by Crippen LogP contribution is 2.39. The maximum absolute atomic E-state index is 12.4. The smallest absolute Gasteiger partial charge is 0.415 e. The van der Waals surface area contributed by atoms with E-state index >= 15 is 0 Å². The Balaban J connectivity index is 2.40. The van der Waals surface area contributed by atoms with E-state index < -0.39 is 24.9 Å². The quantitative estimate of drug-likeness (QED) is 0.620. The van der Waals surface area contributed by atoms with E-state index in [-0.39, 0.29) is 0 Å². The van der Waals surface area contributed by atoms with Gasteiger partial charge in [-0.25, -0.2) is 4.79 Å². The average molecular weight is 323 g/mol. The minimum absolute atomic E-state index is 0.423. The number of carbonyl (C=O) groups is 2. The van der Waals surface area contributed by atoms with E-state index in [2.05, 4.69) is 0 Å². The molecule has 0 saturated carbocycles. The summed E-state index contributed by atoms with van der Waals surface area (Å²) in [5.41, 5.74) is 0.878. The first kappa shape index (κ1) is 16.8. The monoisotopic (exact) mass is 323 g/mol. The number of hydrogen-bond donors (Lipinski definition) is 0. The predicted octanol–water partition coefficient (Wildman–Crippen LogP) is 2.80. The highest BCUT2D eigenvalue weighted by molar-refractivity contribution is 7.70. The van der Waals surface area contributed by atoms with E-state index in [1.54, 1.807) is 46.2 Å². The number of hydrogen-bond acceptors (Lipinski definition) is 4. The number of anilines is 1. The van der Waals surface area contributed by atoms with Gasteiger partial charge < -0.3 is 14.1 Å². The van der Waals surface area contributed by atoms with E-state index in [9.17, 15) is 14.2 Å². The molecule has 0 saturated heterocycles. The Morgan fingerprint density at radius 2 is 2.00 bits per heavy atom. The van der Waals surface area contributed by atoms with Crippen molar-refractivity contribution in [1.82, 2.24) is 0 Å². The molecule has 5 nitrogen and oxygen atoms in total. The van der Waals surface area contributed by atoms with E-state index in [0.29, 0.717) is 12.1 Å². The number of amides is 1. The van der Waals surface area contributed by atoms with Gasteiger partial charge in [0.1, 0.15) is 19.0 Å². The third-order valence-electron chi connectivity index (χ3n) is 3.45. The Morgan fingerprint density at radius 3 is 2.50 bits per heavy atom. The number of carbonyl (C=O) groups excluding carboxylic acids is 2. The molecule has 0 aromatic heterocycles. The molecule has 1 heterocycles. The van der Waals surface area contributed by atoms with E-state index in [1.165, 1.54) is 4.90 Å². The molecule has 1 aliphatic heterocycles. The van der Waals surface area contributed by atoms with Gasteiger partial charge in [0.05, 0.1) is 11.7 Å². The zero-order chi connectivity index (χ0) is 16.7. The van der Waals surface area contributed by atoms with Crippen molar-refractivity contribution < 1.29 is 18.9 Å². The number of ether oxygens (including phenoxy) is 1. The molecule has 0 aliphatic carbocycles. The third kappa shape index (κ3) is 3.41. The summed E-state index contributed by atoms with van der Waals surface area (Å²) in [5.74, 6) is 0. The lowest BCUT2D eigenvalue weighted by Crippen LogP contribution is -2.42. The fourth-order valence-electron chi connectivity index (χ4n) is 2.45. The number of aldehydes is 1. The van der Waals surface area contributed by atoms with Crippen LogP contribution in [0.2, 0.25) is 0 Å². The molecule has 0 N–H and O–H groups in total. The summed E-state index contributed by atoms with van der Waals surface area (Å²) in [5, 5.41) is 0.752. The van der Waals surface area contributed by atoms with Crippen LogP contribution in [0.3, 0.4) is 0 Å². The summed E-state index contributed by atoms with van der Waals surface area (Å²) in [6.45, 7) is 8.75. The van der Waals surface area contributed by atoms with Gasteiger partial charge >= 0.3 is 6.09 Å². The average Bonchev–Trinajstić information content (AvgIpc) is 2.72. The normalized spacial score (nSPS) is 18.0. The Hall–Kier alpha value is -1.61. The van der Waals surface area contributed by atoms with E-state index in [0.717, 1.165) is 17.2 Å². The molecule has 2 rings (SSSR count). The fourth-order valence-corrected chi connectivity index (χ4v) is 3.35. The van der Waals surface area contributed by atoms with Gasteiger partial charge in [-0.2, -0.15) is 0 Å². The van der Waals surface area contributed by atoms with Gasteiger partial charge in [0.2, 0.25) is 0 Å². The second-order valence-electron chi connectivity index (χ2n) is 6.92. The molecule has 6 heteroatoms. The minimum atomic E-state index is -2.38. The highest BCUT2D eigenvalue weighted by atomic mass is 31.2. The third-order valence-corrected chi connectivity index (χ3v) is 4.97.